The second-order valence-electron chi connectivity index (χ2n) is 10.7. The predicted octanol–water partition coefficient (Wildman–Crippen LogP) is 11.4. The Hall–Kier alpha value is -5.14. The molecule has 0 unspecified atom stereocenters. The van der Waals surface area contributed by atoms with Gasteiger partial charge in [-0.15, -0.1) is 0 Å². The Kier molecular flexibility index (Phi) is 12.4. The van der Waals surface area contributed by atoms with Crippen LogP contribution in [0.2, 0.25) is 0 Å². The number of ether oxygens (including phenoxy) is 2. The van der Waals surface area contributed by atoms with Gasteiger partial charge in [0.05, 0.1) is 5.69 Å². The van der Waals surface area contributed by atoms with Crippen LogP contribution in [0.3, 0.4) is 0 Å². The van der Waals surface area contributed by atoms with Crippen LogP contribution in [0.1, 0.15) is 37.3 Å². The van der Waals surface area contributed by atoms with Crippen molar-refractivity contribution in [2.24, 2.45) is 0 Å². The first-order valence-electron chi connectivity index (χ1n) is 14.8. The third-order valence-electron chi connectivity index (χ3n) is 7.11. The van der Waals surface area contributed by atoms with E-state index in [9.17, 15) is 48.3 Å². The lowest BCUT2D eigenvalue weighted by atomic mass is 10.0. The van der Waals surface area contributed by atoms with Gasteiger partial charge in [0, 0.05) is 36.0 Å². The van der Waals surface area contributed by atoms with Gasteiger partial charge < -0.3 is 9.47 Å². The first-order chi connectivity index (χ1) is 23.7. The number of pyridine rings is 1. The molecule has 0 radical (unpaired) electrons. The summed E-state index contributed by atoms with van der Waals surface area (Å²) in [5.41, 5.74) is 2.02. The Morgan fingerprint density at radius 2 is 1.22 bits per heavy atom. The van der Waals surface area contributed by atoms with Crippen molar-refractivity contribution >= 4 is 0 Å². The van der Waals surface area contributed by atoms with Crippen LogP contribution in [0.15, 0.2) is 79.0 Å². The van der Waals surface area contributed by atoms with Gasteiger partial charge in [-0.1, -0.05) is 50.1 Å². The van der Waals surface area contributed by atoms with Crippen molar-refractivity contribution in [1.29, 1.82) is 0 Å². The summed E-state index contributed by atoms with van der Waals surface area (Å²) in [4.78, 5) is 4.52. The maximum atomic E-state index is 13.9. The molecule has 0 aliphatic heterocycles. The first kappa shape index (κ1) is 37.7. The molecule has 0 fully saturated rings. The lowest BCUT2D eigenvalue weighted by Crippen LogP contribution is -2.25. The van der Waals surface area contributed by atoms with Gasteiger partial charge in [-0.2, -0.15) is 8.78 Å². The van der Waals surface area contributed by atoms with Gasteiger partial charge in [0.25, 0.3) is 0 Å². The summed E-state index contributed by atoms with van der Waals surface area (Å²) in [5, 5.41) is 0. The predicted molar refractivity (Wildman–Crippen MR) is 162 cm³/mol. The molecule has 5 rings (SSSR count). The van der Waals surface area contributed by atoms with Crippen molar-refractivity contribution in [3.8, 4) is 33.9 Å². The molecule has 0 aliphatic rings. The lowest BCUT2D eigenvalue weighted by molar-refractivity contribution is -0.189. The Balaban J connectivity index is 0.000000232. The van der Waals surface area contributed by atoms with E-state index in [0.29, 0.717) is 11.1 Å². The highest BCUT2D eigenvalue weighted by atomic mass is 19.3. The zero-order chi connectivity index (χ0) is 36.6. The highest BCUT2D eigenvalue weighted by Gasteiger charge is 2.41. The molecule has 0 aliphatic carbocycles. The number of halogens is 11. The van der Waals surface area contributed by atoms with Crippen molar-refractivity contribution in [1.82, 2.24) is 4.98 Å². The molecule has 4 aromatic carbocycles. The molecule has 0 N–H and O–H groups in total. The molecular weight excluding hydrogens is 687 g/mol. The summed E-state index contributed by atoms with van der Waals surface area (Å²) in [6, 6.07) is 13.7. The molecule has 0 saturated carbocycles. The topological polar surface area (TPSA) is 31.4 Å². The number of rotatable bonds is 11. The van der Waals surface area contributed by atoms with Gasteiger partial charge in [-0.05, 0) is 47.7 Å². The van der Waals surface area contributed by atoms with E-state index in [2.05, 4.69) is 27.4 Å². The maximum absolute atomic E-state index is 13.9. The molecule has 0 atom stereocenters. The minimum atomic E-state index is -4.72. The summed E-state index contributed by atoms with van der Waals surface area (Å²) in [6.45, 7) is 0.895. The van der Waals surface area contributed by atoms with Crippen LogP contribution in [0.5, 0.6) is 11.5 Å². The number of benzene rings is 4. The van der Waals surface area contributed by atoms with E-state index >= 15 is 0 Å². The van der Waals surface area contributed by atoms with E-state index in [1.807, 2.05) is 24.4 Å². The molecular formula is C36H26F11NO2. The van der Waals surface area contributed by atoms with Crippen LogP contribution < -0.4 is 9.47 Å². The van der Waals surface area contributed by atoms with Crippen molar-refractivity contribution in [3.05, 3.63) is 137 Å². The molecule has 1 heterocycles. The van der Waals surface area contributed by atoms with Crippen molar-refractivity contribution in [3.63, 3.8) is 0 Å². The number of hydrogen-bond donors (Lipinski definition) is 0. The fourth-order valence-electron chi connectivity index (χ4n) is 4.69. The molecule has 14 heteroatoms. The Labute approximate surface area is 278 Å². The summed E-state index contributed by atoms with van der Waals surface area (Å²) < 4.78 is 153. The molecule has 0 bridgehead atoms. The smallest absolute Gasteiger partial charge is 0.432 e. The van der Waals surface area contributed by atoms with Gasteiger partial charge >= 0.3 is 6.11 Å². The summed E-state index contributed by atoms with van der Waals surface area (Å²) in [6.07, 6.45) is 1.77. The summed E-state index contributed by atoms with van der Waals surface area (Å²) in [7, 11) is 0. The van der Waals surface area contributed by atoms with Gasteiger partial charge in [-0.25, -0.2) is 39.5 Å². The number of alkyl halides is 3. The number of aryl methyl sites for hydroxylation is 1. The van der Waals surface area contributed by atoms with Crippen molar-refractivity contribution < 1.29 is 57.8 Å². The van der Waals surface area contributed by atoms with Gasteiger partial charge in [0.2, 0.25) is 6.86 Å². The third kappa shape index (κ3) is 9.30. The largest absolute Gasteiger partial charge is 0.457 e. The van der Waals surface area contributed by atoms with Crippen LogP contribution in [0.4, 0.5) is 48.3 Å². The summed E-state index contributed by atoms with van der Waals surface area (Å²) >= 11 is 0. The van der Waals surface area contributed by atoms with Crippen LogP contribution in [0, 0.1) is 46.5 Å². The van der Waals surface area contributed by atoms with E-state index in [0.717, 1.165) is 36.2 Å². The average Bonchev–Trinajstić information content (AvgIpc) is 3.05. The number of unbranched alkanes of at least 4 members (excludes halogenated alkanes) is 2. The van der Waals surface area contributed by atoms with E-state index in [4.69, 9.17) is 0 Å². The Morgan fingerprint density at radius 1 is 0.640 bits per heavy atom. The maximum Gasteiger partial charge on any atom is 0.432 e. The molecule has 1 aromatic heterocycles. The van der Waals surface area contributed by atoms with Crippen LogP contribution >= 0.6 is 0 Å². The molecule has 0 amide bonds. The zero-order valence-corrected chi connectivity index (χ0v) is 26.0. The third-order valence-corrected chi connectivity index (χ3v) is 7.11. The minimum absolute atomic E-state index is 0.0263. The van der Waals surface area contributed by atoms with Crippen LogP contribution in [-0.2, 0) is 12.5 Å². The molecule has 264 valence electrons. The number of nitrogens with zero attached hydrogens (tertiary/aromatic N) is 1. The van der Waals surface area contributed by atoms with E-state index in [-0.39, 0.29) is 24.3 Å². The monoisotopic (exact) mass is 713 g/mol. The Morgan fingerprint density at radius 3 is 1.74 bits per heavy atom. The number of aromatic nitrogens is 1. The first-order valence-corrected chi connectivity index (χ1v) is 14.8. The highest BCUT2D eigenvalue weighted by Crippen LogP contribution is 2.36. The SMILES string of the molecule is CCCCCc1ccc(-c2ccc(-c3cc(F)c(OCF)c(F)c3)cc2)nc1.Fc1cc(F)c(C(F)(F)Oc2cc(F)c(F)c(F)c2)c(F)c1. The summed E-state index contributed by atoms with van der Waals surface area (Å²) in [5.74, 6) is -14.8. The fraction of sp³-hybridized carbons (Fsp3) is 0.194. The molecule has 0 spiro atoms. The van der Waals surface area contributed by atoms with E-state index in [1.165, 1.54) is 18.4 Å². The quantitative estimate of drug-likeness (QED) is 0.0776. The molecule has 0 saturated heterocycles. The molecule has 50 heavy (non-hydrogen) atoms. The molecule has 3 nitrogen and oxygen atoms in total. The van der Waals surface area contributed by atoms with Gasteiger partial charge in [-0.3, -0.25) is 4.98 Å². The second kappa shape index (κ2) is 16.5. The van der Waals surface area contributed by atoms with Crippen LogP contribution in [0.25, 0.3) is 22.4 Å². The lowest BCUT2D eigenvalue weighted by Gasteiger charge is -2.19. The van der Waals surface area contributed by atoms with Crippen molar-refractivity contribution in [2.75, 3.05) is 6.86 Å². The zero-order valence-electron chi connectivity index (χ0n) is 26.0. The average molecular weight is 714 g/mol. The second-order valence-corrected chi connectivity index (χ2v) is 10.7. The standard InChI is InChI=1S/C23H22F3NO.C13H4F8O/c1-2-3-4-5-16-6-11-22(27-14-16)18-9-7-17(8-10-18)19-12-20(25)23(28-15-24)21(26)13-19;14-5-1-7(15)11(8(16)2-5)13(20,21)22-6-3-9(17)12(19)10(18)4-6/h6-14H,2-5,15H2,1H3;1-4H. The van der Waals surface area contributed by atoms with Gasteiger partial charge in [0.1, 0.15) is 28.8 Å². The highest BCUT2D eigenvalue weighted by molar-refractivity contribution is 5.69. The van der Waals surface area contributed by atoms with Gasteiger partial charge in [0.15, 0.2) is 34.8 Å². The minimum Gasteiger partial charge on any atom is -0.457 e. The Bertz CT molecular complexity index is 1850. The molecule has 5 aromatic rings. The number of hydrogen-bond acceptors (Lipinski definition) is 3. The van der Waals surface area contributed by atoms with E-state index < -0.39 is 76.6 Å². The normalized spacial score (nSPS) is 11.2. The fourth-order valence-corrected chi connectivity index (χ4v) is 4.69. The van der Waals surface area contributed by atoms with Crippen molar-refractivity contribution in [2.45, 2.75) is 38.7 Å². The van der Waals surface area contributed by atoms with Crippen LogP contribution in [-0.4, -0.2) is 11.8 Å². The van der Waals surface area contributed by atoms with E-state index in [1.54, 1.807) is 12.1 Å².